The molecule has 1 unspecified atom stereocenters. The van der Waals surface area contributed by atoms with Gasteiger partial charge >= 0.3 is 0 Å². The molecule has 8 heteroatoms. The van der Waals surface area contributed by atoms with Crippen LogP contribution in [0, 0.1) is 5.41 Å². The quantitative estimate of drug-likeness (QED) is 0.443. The van der Waals surface area contributed by atoms with Crippen molar-refractivity contribution in [1.82, 2.24) is 15.2 Å². The highest BCUT2D eigenvalue weighted by Crippen LogP contribution is 2.27. The molecule has 0 fully saturated rings. The number of H-pyrrole nitrogens is 1. The van der Waals surface area contributed by atoms with Crippen LogP contribution in [0.4, 0.5) is 5.69 Å². The smallest absolute Gasteiger partial charge is 0.229 e. The van der Waals surface area contributed by atoms with Crippen molar-refractivity contribution in [3.63, 3.8) is 0 Å². The van der Waals surface area contributed by atoms with Crippen LogP contribution in [-0.4, -0.2) is 32.1 Å². The van der Waals surface area contributed by atoms with E-state index < -0.39 is 5.41 Å². The van der Waals surface area contributed by atoms with Gasteiger partial charge in [0.1, 0.15) is 0 Å². The number of carbonyl (C=O) groups is 2. The SMILES string of the molecule is CC(Sc1n[nH]c(-c2cccs2)n1)C(=O)c1ccc(NC(=O)C(C)(C)C)cc1. The fourth-order valence-electron chi connectivity index (χ4n) is 2.31. The van der Waals surface area contributed by atoms with E-state index in [0.717, 1.165) is 4.88 Å². The van der Waals surface area contributed by atoms with E-state index in [1.54, 1.807) is 35.6 Å². The molecule has 2 N–H and O–H groups in total. The van der Waals surface area contributed by atoms with E-state index in [9.17, 15) is 9.59 Å². The number of ketones is 1. The summed E-state index contributed by atoms with van der Waals surface area (Å²) >= 11 is 2.89. The fourth-order valence-corrected chi connectivity index (χ4v) is 3.77. The molecule has 0 aliphatic heterocycles. The van der Waals surface area contributed by atoms with Crippen LogP contribution in [0.15, 0.2) is 46.9 Å². The third kappa shape index (κ3) is 4.88. The van der Waals surface area contributed by atoms with Gasteiger partial charge < -0.3 is 5.32 Å². The number of Topliss-reactive ketones (excluding diaryl/α,β-unsaturated/α-hetero) is 1. The molecule has 6 nitrogen and oxygen atoms in total. The zero-order valence-electron chi connectivity index (χ0n) is 16.1. The Kier molecular flexibility index (Phi) is 6.00. The topological polar surface area (TPSA) is 87.7 Å². The summed E-state index contributed by atoms with van der Waals surface area (Å²) in [6.45, 7) is 7.40. The maximum Gasteiger partial charge on any atom is 0.229 e. The van der Waals surface area contributed by atoms with Gasteiger partial charge in [0.15, 0.2) is 11.6 Å². The van der Waals surface area contributed by atoms with Crippen LogP contribution >= 0.6 is 23.1 Å². The second-order valence-corrected chi connectivity index (χ2v) is 9.61. The fraction of sp³-hybridized carbons (Fsp3) is 0.300. The van der Waals surface area contributed by atoms with Gasteiger partial charge in [0.05, 0.1) is 10.1 Å². The van der Waals surface area contributed by atoms with Crippen LogP contribution in [0.5, 0.6) is 0 Å². The summed E-state index contributed by atoms with van der Waals surface area (Å²) in [5, 5.41) is 12.1. The van der Waals surface area contributed by atoms with Crippen molar-refractivity contribution in [2.24, 2.45) is 5.41 Å². The molecule has 146 valence electrons. The number of aromatic nitrogens is 3. The molecule has 0 saturated heterocycles. The number of aromatic amines is 1. The van der Waals surface area contributed by atoms with E-state index in [-0.39, 0.29) is 16.9 Å². The Bertz CT molecular complexity index is 957. The van der Waals surface area contributed by atoms with E-state index in [1.807, 2.05) is 45.2 Å². The highest BCUT2D eigenvalue weighted by atomic mass is 32.2. The summed E-state index contributed by atoms with van der Waals surface area (Å²) in [5.41, 5.74) is 0.784. The number of benzene rings is 1. The van der Waals surface area contributed by atoms with Crippen molar-refractivity contribution in [3.8, 4) is 10.7 Å². The van der Waals surface area contributed by atoms with Gasteiger partial charge in [0.25, 0.3) is 0 Å². The van der Waals surface area contributed by atoms with Crippen molar-refractivity contribution in [2.75, 3.05) is 5.32 Å². The van der Waals surface area contributed by atoms with Crippen LogP contribution in [0.2, 0.25) is 0 Å². The first-order chi connectivity index (χ1) is 13.2. The summed E-state index contributed by atoms with van der Waals surface area (Å²) in [4.78, 5) is 30.2. The molecular weight excluding hydrogens is 392 g/mol. The van der Waals surface area contributed by atoms with E-state index in [0.29, 0.717) is 22.2 Å². The predicted octanol–water partition coefficient (Wildman–Crippen LogP) is 4.88. The van der Waals surface area contributed by atoms with Gasteiger partial charge in [-0.3, -0.25) is 14.7 Å². The molecule has 0 spiro atoms. The standard InChI is InChI=1S/C20H22N4O2S2/c1-12(28-19-22-17(23-24-19)15-6-5-11-27-15)16(25)13-7-9-14(10-8-13)21-18(26)20(2,3)4/h5-12H,1-4H3,(H,21,26)(H,22,23,24). The maximum absolute atomic E-state index is 12.7. The molecule has 3 aromatic rings. The molecule has 0 radical (unpaired) electrons. The lowest BCUT2D eigenvalue weighted by Crippen LogP contribution is -2.27. The number of nitrogens with one attached hydrogen (secondary N) is 2. The summed E-state index contributed by atoms with van der Waals surface area (Å²) in [5.74, 6) is 0.624. The zero-order chi connectivity index (χ0) is 20.3. The Hall–Kier alpha value is -2.45. The highest BCUT2D eigenvalue weighted by molar-refractivity contribution is 8.00. The van der Waals surface area contributed by atoms with Gasteiger partial charge in [0.2, 0.25) is 11.1 Å². The Labute approximate surface area is 172 Å². The average Bonchev–Trinajstić information content (AvgIpc) is 3.32. The number of carbonyl (C=O) groups excluding carboxylic acids is 2. The molecule has 1 amide bonds. The van der Waals surface area contributed by atoms with Crippen molar-refractivity contribution in [2.45, 2.75) is 38.1 Å². The van der Waals surface area contributed by atoms with Crippen molar-refractivity contribution in [1.29, 1.82) is 0 Å². The van der Waals surface area contributed by atoms with Crippen LogP contribution in [0.25, 0.3) is 10.7 Å². The van der Waals surface area contributed by atoms with Crippen LogP contribution in [0.3, 0.4) is 0 Å². The summed E-state index contributed by atoms with van der Waals surface area (Å²) in [6.07, 6.45) is 0. The average molecular weight is 415 g/mol. The van der Waals surface area contributed by atoms with Crippen LogP contribution in [0.1, 0.15) is 38.1 Å². The first-order valence-corrected chi connectivity index (χ1v) is 10.6. The molecule has 0 aliphatic carbocycles. The van der Waals surface area contributed by atoms with E-state index in [1.165, 1.54) is 11.8 Å². The molecule has 3 rings (SSSR count). The molecular formula is C20H22N4O2S2. The molecule has 1 aromatic carbocycles. The Morgan fingerprint density at radius 1 is 1.18 bits per heavy atom. The number of hydrogen-bond donors (Lipinski definition) is 2. The number of rotatable bonds is 6. The van der Waals surface area contributed by atoms with E-state index >= 15 is 0 Å². The van der Waals surface area contributed by atoms with Crippen molar-refractivity contribution >= 4 is 40.5 Å². The molecule has 1 atom stereocenters. The molecule has 2 heterocycles. The van der Waals surface area contributed by atoms with Crippen molar-refractivity contribution in [3.05, 3.63) is 47.3 Å². The number of anilines is 1. The van der Waals surface area contributed by atoms with Gasteiger partial charge in [-0.05, 0) is 42.6 Å². The number of nitrogens with zero attached hydrogens (tertiary/aromatic N) is 2. The lowest BCUT2D eigenvalue weighted by Gasteiger charge is -2.17. The Morgan fingerprint density at radius 2 is 1.89 bits per heavy atom. The summed E-state index contributed by atoms with van der Waals surface area (Å²) < 4.78 is 0. The lowest BCUT2D eigenvalue weighted by molar-refractivity contribution is -0.123. The number of thiophene rings is 1. The first-order valence-electron chi connectivity index (χ1n) is 8.83. The molecule has 0 bridgehead atoms. The minimum atomic E-state index is -0.474. The third-order valence-electron chi connectivity index (χ3n) is 3.98. The van der Waals surface area contributed by atoms with Gasteiger partial charge in [-0.1, -0.05) is 38.6 Å². The molecule has 0 saturated carbocycles. The van der Waals surface area contributed by atoms with E-state index in [2.05, 4.69) is 20.5 Å². The Balaban J connectivity index is 1.62. The maximum atomic E-state index is 12.7. The molecule has 2 aromatic heterocycles. The predicted molar refractivity (Wildman–Crippen MR) is 114 cm³/mol. The Morgan fingerprint density at radius 3 is 2.50 bits per heavy atom. The summed E-state index contributed by atoms with van der Waals surface area (Å²) in [6, 6.07) is 10.9. The number of thioether (sulfide) groups is 1. The van der Waals surface area contributed by atoms with Gasteiger partial charge in [-0.15, -0.1) is 16.4 Å². The highest BCUT2D eigenvalue weighted by Gasteiger charge is 2.22. The van der Waals surface area contributed by atoms with Crippen LogP contribution in [-0.2, 0) is 4.79 Å². The second kappa shape index (κ2) is 8.28. The number of amides is 1. The van der Waals surface area contributed by atoms with Crippen molar-refractivity contribution < 1.29 is 9.59 Å². The summed E-state index contributed by atoms with van der Waals surface area (Å²) in [7, 11) is 0. The van der Waals surface area contributed by atoms with Gasteiger partial charge in [-0.25, -0.2) is 4.98 Å². The minimum absolute atomic E-state index is 0.0128. The van der Waals surface area contributed by atoms with Gasteiger partial charge in [0, 0.05) is 16.7 Å². The first kappa shape index (κ1) is 20.3. The second-order valence-electron chi connectivity index (χ2n) is 7.35. The molecule has 0 aliphatic rings. The normalized spacial score (nSPS) is 12.6. The minimum Gasteiger partial charge on any atom is -0.326 e. The largest absolute Gasteiger partial charge is 0.326 e. The third-order valence-corrected chi connectivity index (χ3v) is 5.82. The van der Waals surface area contributed by atoms with Crippen LogP contribution < -0.4 is 5.32 Å². The number of hydrogen-bond acceptors (Lipinski definition) is 6. The van der Waals surface area contributed by atoms with Gasteiger partial charge in [-0.2, -0.15) is 0 Å². The van der Waals surface area contributed by atoms with E-state index in [4.69, 9.17) is 0 Å². The zero-order valence-corrected chi connectivity index (χ0v) is 17.8. The monoisotopic (exact) mass is 414 g/mol. The molecule has 28 heavy (non-hydrogen) atoms. The lowest BCUT2D eigenvalue weighted by atomic mass is 9.95.